The predicted molar refractivity (Wildman–Crippen MR) is 69.0 cm³/mol. The second-order valence-electron chi connectivity index (χ2n) is 5.68. The Labute approximate surface area is 108 Å². The molecule has 0 bridgehead atoms. The summed E-state index contributed by atoms with van der Waals surface area (Å²) in [6, 6.07) is 0. The number of nitrogens with one attached hydrogen (secondary N) is 1. The van der Waals surface area contributed by atoms with Crippen LogP contribution >= 0.6 is 0 Å². The van der Waals surface area contributed by atoms with Gasteiger partial charge in [-0.2, -0.15) is 0 Å². The van der Waals surface area contributed by atoms with Gasteiger partial charge in [0.05, 0.1) is 6.54 Å². The highest BCUT2D eigenvalue weighted by Gasteiger charge is 2.38. The molecule has 0 aromatic carbocycles. The lowest BCUT2D eigenvalue weighted by molar-refractivity contribution is -0.139. The fraction of sp³-hybridized carbons (Fsp3) is 0.846. The van der Waals surface area contributed by atoms with Gasteiger partial charge in [-0.25, -0.2) is 0 Å². The molecule has 2 fully saturated rings. The maximum absolute atomic E-state index is 12.0. The summed E-state index contributed by atoms with van der Waals surface area (Å²) in [5, 5.41) is 3.42. The van der Waals surface area contributed by atoms with Crippen molar-refractivity contribution in [1.29, 1.82) is 0 Å². The van der Waals surface area contributed by atoms with Gasteiger partial charge in [0.1, 0.15) is 0 Å². The van der Waals surface area contributed by atoms with Crippen LogP contribution in [0.15, 0.2) is 0 Å². The van der Waals surface area contributed by atoms with Gasteiger partial charge in [-0.15, -0.1) is 0 Å². The second kappa shape index (κ2) is 5.26. The molecule has 18 heavy (non-hydrogen) atoms. The number of likely N-dealkylation sites (N-methyl/N-ethyl adjacent to an activating group) is 1. The number of hydrogen-bond donors (Lipinski definition) is 1. The third kappa shape index (κ3) is 2.83. The standard InChI is InChI=1S/C13H23N3O2/c1-11(17)15(2)9-12(18)16-7-4-13(5-8-16)3-6-14-10-13/h14H,3-10H2,1-2H3. The van der Waals surface area contributed by atoms with E-state index in [1.54, 1.807) is 7.05 Å². The van der Waals surface area contributed by atoms with Crippen LogP contribution in [0.2, 0.25) is 0 Å². The van der Waals surface area contributed by atoms with Crippen molar-refractivity contribution in [3.63, 3.8) is 0 Å². The smallest absolute Gasteiger partial charge is 0.242 e. The lowest BCUT2D eigenvalue weighted by Gasteiger charge is -2.39. The Hall–Kier alpha value is -1.10. The van der Waals surface area contributed by atoms with Crippen molar-refractivity contribution in [2.24, 2.45) is 5.41 Å². The van der Waals surface area contributed by atoms with E-state index in [1.165, 1.54) is 18.2 Å². The largest absolute Gasteiger partial charge is 0.341 e. The van der Waals surface area contributed by atoms with Crippen molar-refractivity contribution < 1.29 is 9.59 Å². The highest BCUT2D eigenvalue weighted by Crippen LogP contribution is 2.36. The lowest BCUT2D eigenvalue weighted by Crippen LogP contribution is -2.47. The SMILES string of the molecule is CC(=O)N(C)CC(=O)N1CCC2(CCNC2)CC1. The molecule has 102 valence electrons. The van der Waals surface area contributed by atoms with Crippen molar-refractivity contribution in [3.8, 4) is 0 Å². The Morgan fingerprint density at radius 2 is 1.94 bits per heavy atom. The van der Waals surface area contributed by atoms with E-state index in [0.717, 1.165) is 39.0 Å². The normalized spacial score (nSPS) is 22.2. The third-order valence-electron chi connectivity index (χ3n) is 4.42. The van der Waals surface area contributed by atoms with E-state index in [9.17, 15) is 9.59 Å². The molecule has 2 heterocycles. The van der Waals surface area contributed by atoms with E-state index in [1.807, 2.05) is 4.90 Å². The van der Waals surface area contributed by atoms with Gasteiger partial charge in [0, 0.05) is 33.6 Å². The van der Waals surface area contributed by atoms with Gasteiger partial charge in [-0.05, 0) is 31.2 Å². The number of amides is 2. The fourth-order valence-corrected chi connectivity index (χ4v) is 2.87. The quantitative estimate of drug-likeness (QED) is 0.757. The number of likely N-dealkylation sites (tertiary alicyclic amines) is 1. The first-order valence-electron chi connectivity index (χ1n) is 6.73. The first kappa shape index (κ1) is 13.3. The zero-order valence-corrected chi connectivity index (χ0v) is 11.4. The van der Waals surface area contributed by atoms with Crippen LogP contribution in [-0.2, 0) is 9.59 Å². The van der Waals surface area contributed by atoms with E-state index >= 15 is 0 Å². The van der Waals surface area contributed by atoms with Gasteiger partial charge >= 0.3 is 0 Å². The van der Waals surface area contributed by atoms with E-state index in [2.05, 4.69) is 5.32 Å². The summed E-state index contributed by atoms with van der Waals surface area (Å²) in [4.78, 5) is 26.5. The first-order valence-corrected chi connectivity index (χ1v) is 6.73. The van der Waals surface area contributed by atoms with Crippen LogP contribution in [0.3, 0.4) is 0 Å². The molecule has 0 aromatic heterocycles. The van der Waals surface area contributed by atoms with Crippen molar-refractivity contribution in [2.75, 3.05) is 39.8 Å². The van der Waals surface area contributed by atoms with Gasteiger partial charge in [-0.3, -0.25) is 9.59 Å². The van der Waals surface area contributed by atoms with Gasteiger partial charge in [0.2, 0.25) is 11.8 Å². The molecular weight excluding hydrogens is 230 g/mol. The maximum atomic E-state index is 12.0. The molecule has 0 aliphatic carbocycles. The number of hydrogen-bond acceptors (Lipinski definition) is 3. The van der Waals surface area contributed by atoms with Crippen LogP contribution in [0, 0.1) is 5.41 Å². The van der Waals surface area contributed by atoms with Crippen LogP contribution < -0.4 is 5.32 Å². The van der Waals surface area contributed by atoms with Crippen LogP contribution in [-0.4, -0.2) is 61.4 Å². The molecule has 0 atom stereocenters. The minimum atomic E-state index is -0.0585. The topological polar surface area (TPSA) is 52.7 Å². The summed E-state index contributed by atoms with van der Waals surface area (Å²) >= 11 is 0. The minimum absolute atomic E-state index is 0.0585. The number of carbonyl (C=O) groups excluding carboxylic acids is 2. The molecule has 1 N–H and O–H groups in total. The first-order chi connectivity index (χ1) is 8.52. The minimum Gasteiger partial charge on any atom is -0.341 e. The highest BCUT2D eigenvalue weighted by molar-refractivity contribution is 5.83. The van der Waals surface area contributed by atoms with Crippen LogP contribution in [0.5, 0.6) is 0 Å². The maximum Gasteiger partial charge on any atom is 0.242 e. The molecule has 0 aromatic rings. The molecule has 5 nitrogen and oxygen atoms in total. The Balaban J connectivity index is 1.82. The Kier molecular flexibility index (Phi) is 3.90. The van der Waals surface area contributed by atoms with Crippen LogP contribution in [0.1, 0.15) is 26.2 Å². The molecule has 2 aliphatic heterocycles. The monoisotopic (exact) mass is 253 g/mol. The van der Waals surface area contributed by atoms with Crippen molar-refractivity contribution >= 4 is 11.8 Å². The Bertz CT molecular complexity index is 327. The molecular formula is C13H23N3O2. The predicted octanol–water partition coefficient (Wildman–Crippen LogP) is 0.0668. The van der Waals surface area contributed by atoms with Gasteiger partial charge in [0.15, 0.2) is 0 Å². The highest BCUT2D eigenvalue weighted by atomic mass is 16.2. The lowest BCUT2D eigenvalue weighted by atomic mass is 9.78. The second-order valence-corrected chi connectivity index (χ2v) is 5.68. The fourth-order valence-electron chi connectivity index (χ4n) is 2.87. The summed E-state index contributed by atoms with van der Waals surface area (Å²) in [5.41, 5.74) is 0.434. The van der Waals surface area contributed by atoms with Crippen molar-refractivity contribution in [3.05, 3.63) is 0 Å². The molecule has 2 aliphatic rings. The molecule has 5 heteroatoms. The summed E-state index contributed by atoms with van der Waals surface area (Å²) in [7, 11) is 1.67. The summed E-state index contributed by atoms with van der Waals surface area (Å²) < 4.78 is 0. The van der Waals surface area contributed by atoms with Gasteiger partial charge in [0.25, 0.3) is 0 Å². The van der Waals surface area contributed by atoms with Crippen LogP contribution in [0.4, 0.5) is 0 Å². The van der Waals surface area contributed by atoms with E-state index < -0.39 is 0 Å². The Morgan fingerprint density at radius 3 is 2.44 bits per heavy atom. The summed E-state index contributed by atoms with van der Waals surface area (Å²) in [6.07, 6.45) is 3.42. The van der Waals surface area contributed by atoms with Crippen molar-refractivity contribution in [1.82, 2.24) is 15.1 Å². The zero-order chi connectivity index (χ0) is 13.2. The Morgan fingerprint density at radius 1 is 1.28 bits per heavy atom. The number of carbonyl (C=O) groups is 2. The zero-order valence-electron chi connectivity index (χ0n) is 11.4. The van der Waals surface area contributed by atoms with Gasteiger partial charge < -0.3 is 15.1 Å². The van der Waals surface area contributed by atoms with E-state index in [-0.39, 0.29) is 18.4 Å². The molecule has 2 saturated heterocycles. The molecule has 0 saturated carbocycles. The van der Waals surface area contributed by atoms with Gasteiger partial charge in [-0.1, -0.05) is 0 Å². The number of nitrogens with zero attached hydrogens (tertiary/aromatic N) is 2. The summed E-state index contributed by atoms with van der Waals surface area (Å²) in [6.45, 7) is 5.59. The average molecular weight is 253 g/mol. The van der Waals surface area contributed by atoms with Crippen LogP contribution in [0.25, 0.3) is 0 Å². The van der Waals surface area contributed by atoms with E-state index in [0.29, 0.717) is 5.41 Å². The molecule has 2 amide bonds. The van der Waals surface area contributed by atoms with Crippen molar-refractivity contribution in [2.45, 2.75) is 26.2 Å². The molecule has 0 radical (unpaired) electrons. The average Bonchev–Trinajstić information content (AvgIpc) is 2.78. The third-order valence-corrected chi connectivity index (χ3v) is 4.42. The van der Waals surface area contributed by atoms with E-state index in [4.69, 9.17) is 0 Å². The molecule has 0 unspecified atom stereocenters. The summed E-state index contributed by atoms with van der Waals surface area (Å²) in [5.74, 6) is 0.0188. The molecule has 2 rings (SSSR count). The molecule has 1 spiro atoms. The number of piperidine rings is 1. The number of rotatable bonds is 2.